The van der Waals surface area contributed by atoms with E-state index in [1.807, 2.05) is 17.9 Å². The predicted octanol–water partition coefficient (Wildman–Crippen LogP) is 2.33. The van der Waals surface area contributed by atoms with Crippen molar-refractivity contribution in [1.29, 1.82) is 0 Å². The second-order valence-electron chi connectivity index (χ2n) is 5.82. The first-order valence-electron chi connectivity index (χ1n) is 7.46. The van der Waals surface area contributed by atoms with Crippen LogP contribution in [0.15, 0.2) is 24.3 Å². The Balaban J connectivity index is 2.14. The summed E-state index contributed by atoms with van der Waals surface area (Å²) in [6, 6.07) is 6.20. The highest BCUT2D eigenvalue weighted by Gasteiger charge is 2.34. The molecule has 7 heteroatoms. The fourth-order valence-electron chi connectivity index (χ4n) is 2.90. The van der Waals surface area contributed by atoms with Crippen LogP contribution in [0, 0.1) is 6.92 Å². The highest BCUT2D eigenvalue weighted by atomic mass is 19.4. The zero-order valence-electron chi connectivity index (χ0n) is 12.7. The Bertz CT molecular complexity index is 718. The van der Waals surface area contributed by atoms with Crippen LogP contribution in [0.1, 0.15) is 11.3 Å². The number of aliphatic hydroxyl groups is 1. The minimum absolute atomic E-state index is 0.0509. The summed E-state index contributed by atoms with van der Waals surface area (Å²) in [6.45, 7) is 3.50. The Morgan fingerprint density at radius 2 is 2.13 bits per heavy atom. The maximum Gasteiger partial charge on any atom is 0.433 e. The number of hydrogen-bond donors (Lipinski definition) is 2. The number of aryl methyl sites for hydroxylation is 1. The number of nitrogens with one attached hydrogen (secondary N) is 1. The third kappa shape index (κ3) is 3.25. The van der Waals surface area contributed by atoms with Gasteiger partial charge in [0.25, 0.3) is 0 Å². The van der Waals surface area contributed by atoms with Gasteiger partial charge in [-0.25, -0.2) is 4.98 Å². The number of nitrogens with zero attached hydrogens (tertiary/aromatic N) is 2. The van der Waals surface area contributed by atoms with E-state index in [4.69, 9.17) is 0 Å². The van der Waals surface area contributed by atoms with E-state index < -0.39 is 11.9 Å². The molecule has 2 heterocycles. The average molecular weight is 325 g/mol. The molecule has 0 saturated carbocycles. The lowest BCUT2D eigenvalue weighted by Crippen LogP contribution is -2.52. The van der Waals surface area contributed by atoms with Crippen molar-refractivity contribution in [1.82, 2.24) is 10.3 Å². The fourth-order valence-corrected chi connectivity index (χ4v) is 2.90. The van der Waals surface area contributed by atoms with Crippen molar-refractivity contribution in [3.8, 4) is 0 Å². The molecule has 1 aromatic heterocycles. The SMILES string of the molecule is Cc1ccc2nc(C(F)(F)F)cc(N3CCN[C@@H](CO)C3)c2c1. The number of rotatable bonds is 2. The van der Waals surface area contributed by atoms with Crippen LogP contribution < -0.4 is 10.2 Å². The number of piperazine rings is 1. The van der Waals surface area contributed by atoms with Crippen molar-refractivity contribution in [3.05, 3.63) is 35.5 Å². The molecule has 0 amide bonds. The predicted molar refractivity (Wildman–Crippen MR) is 82.6 cm³/mol. The monoisotopic (exact) mass is 325 g/mol. The molecule has 0 bridgehead atoms. The lowest BCUT2D eigenvalue weighted by Gasteiger charge is -2.35. The summed E-state index contributed by atoms with van der Waals surface area (Å²) < 4.78 is 39.5. The van der Waals surface area contributed by atoms with E-state index in [9.17, 15) is 18.3 Å². The van der Waals surface area contributed by atoms with Gasteiger partial charge in [-0.15, -0.1) is 0 Å². The van der Waals surface area contributed by atoms with Crippen LogP contribution in [-0.4, -0.2) is 42.4 Å². The minimum atomic E-state index is -4.49. The maximum absolute atomic E-state index is 13.2. The summed E-state index contributed by atoms with van der Waals surface area (Å²) in [5.74, 6) is 0. The molecule has 1 fully saturated rings. The third-order valence-electron chi connectivity index (χ3n) is 4.05. The molecule has 1 aromatic carbocycles. The number of aliphatic hydroxyl groups excluding tert-OH is 1. The standard InChI is InChI=1S/C16H18F3N3O/c1-10-2-3-13-12(6-10)14(7-15(21-13)16(17,18)19)22-5-4-20-11(8-22)9-23/h2-3,6-7,11,20,23H,4-5,8-9H2,1H3/t11-/m1/s1. The van der Waals surface area contributed by atoms with Gasteiger partial charge >= 0.3 is 6.18 Å². The molecule has 0 unspecified atom stereocenters. The van der Waals surface area contributed by atoms with Gasteiger partial charge in [-0.3, -0.25) is 0 Å². The molecule has 1 aliphatic heterocycles. The number of fused-ring (bicyclic) bond motifs is 1. The number of pyridine rings is 1. The molecule has 23 heavy (non-hydrogen) atoms. The highest BCUT2D eigenvalue weighted by molar-refractivity contribution is 5.92. The van der Waals surface area contributed by atoms with E-state index >= 15 is 0 Å². The molecule has 0 radical (unpaired) electrons. The lowest BCUT2D eigenvalue weighted by atomic mass is 10.1. The first-order valence-corrected chi connectivity index (χ1v) is 7.46. The van der Waals surface area contributed by atoms with Gasteiger partial charge in [-0.1, -0.05) is 11.6 Å². The Labute approximate surface area is 131 Å². The lowest BCUT2D eigenvalue weighted by molar-refractivity contribution is -0.140. The van der Waals surface area contributed by atoms with Crippen molar-refractivity contribution < 1.29 is 18.3 Å². The number of anilines is 1. The molecular formula is C16H18F3N3O. The Kier molecular flexibility index (Phi) is 4.16. The third-order valence-corrected chi connectivity index (χ3v) is 4.05. The number of benzene rings is 1. The first kappa shape index (κ1) is 16.0. The average Bonchev–Trinajstić information content (AvgIpc) is 2.53. The molecule has 1 saturated heterocycles. The molecule has 3 rings (SSSR count). The largest absolute Gasteiger partial charge is 0.433 e. The van der Waals surface area contributed by atoms with Gasteiger partial charge in [0.15, 0.2) is 0 Å². The van der Waals surface area contributed by atoms with Crippen LogP contribution in [0.3, 0.4) is 0 Å². The van der Waals surface area contributed by atoms with Crippen LogP contribution in [0.5, 0.6) is 0 Å². The van der Waals surface area contributed by atoms with Gasteiger partial charge in [0.05, 0.1) is 12.1 Å². The Morgan fingerprint density at radius 3 is 2.83 bits per heavy atom. The second-order valence-corrected chi connectivity index (χ2v) is 5.82. The summed E-state index contributed by atoms with van der Waals surface area (Å²) in [7, 11) is 0. The zero-order valence-corrected chi connectivity index (χ0v) is 12.7. The topological polar surface area (TPSA) is 48.4 Å². The maximum atomic E-state index is 13.2. The molecule has 124 valence electrons. The highest BCUT2D eigenvalue weighted by Crippen LogP contribution is 2.35. The Morgan fingerprint density at radius 1 is 1.35 bits per heavy atom. The van der Waals surface area contributed by atoms with E-state index in [1.54, 1.807) is 12.1 Å². The van der Waals surface area contributed by atoms with Crippen LogP contribution >= 0.6 is 0 Å². The molecular weight excluding hydrogens is 307 g/mol. The van der Waals surface area contributed by atoms with Crippen LogP contribution in [0.2, 0.25) is 0 Å². The number of halogens is 3. The summed E-state index contributed by atoms with van der Waals surface area (Å²) in [6.07, 6.45) is -4.49. The molecule has 0 spiro atoms. The summed E-state index contributed by atoms with van der Waals surface area (Å²) in [4.78, 5) is 5.65. The van der Waals surface area contributed by atoms with Gasteiger partial charge in [0.1, 0.15) is 5.69 Å². The summed E-state index contributed by atoms with van der Waals surface area (Å²) in [5, 5.41) is 13.2. The fraction of sp³-hybridized carbons (Fsp3) is 0.438. The molecule has 2 aromatic rings. The quantitative estimate of drug-likeness (QED) is 0.890. The van der Waals surface area contributed by atoms with E-state index in [2.05, 4.69) is 10.3 Å². The number of alkyl halides is 3. The van der Waals surface area contributed by atoms with Crippen molar-refractivity contribution in [2.75, 3.05) is 31.1 Å². The van der Waals surface area contributed by atoms with E-state index in [0.29, 0.717) is 36.2 Å². The molecule has 1 aliphatic rings. The van der Waals surface area contributed by atoms with Crippen LogP contribution in [0.25, 0.3) is 10.9 Å². The van der Waals surface area contributed by atoms with Crippen molar-refractivity contribution in [2.45, 2.75) is 19.1 Å². The van der Waals surface area contributed by atoms with E-state index in [-0.39, 0.29) is 12.6 Å². The summed E-state index contributed by atoms with van der Waals surface area (Å²) in [5.41, 5.74) is 0.933. The number of aromatic nitrogens is 1. The molecule has 0 aliphatic carbocycles. The normalized spacial score (nSPS) is 19.3. The molecule has 1 atom stereocenters. The Hall–Kier alpha value is -1.86. The van der Waals surface area contributed by atoms with Crippen LogP contribution in [0.4, 0.5) is 18.9 Å². The van der Waals surface area contributed by atoms with E-state index in [1.165, 1.54) is 0 Å². The second kappa shape index (κ2) is 5.98. The van der Waals surface area contributed by atoms with Gasteiger partial charge in [-0.2, -0.15) is 13.2 Å². The zero-order chi connectivity index (χ0) is 16.6. The first-order chi connectivity index (χ1) is 10.9. The van der Waals surface area contributed by atoms with Gasteiger partial charge in [0.2, 0.25) is 0 Å². The van der Waals surface area contributed by atoms with Gasteiger partial charge in [0, 0.05) is 36.7 Å². The van der Waals surface area contributed by atoms with Crippen LogP contribution in [-0.2, 0) is 6.18 Å². The van der Waals surface area contributed by atoms with E-state index in [0.717, 1.165) is 11.6 Å². The molecule has 2 N–H and O–H groups in total. The minimum Gasteiger partial charge on any atom is -0.395 e. The number of hydrogen-bond acceptors (Lipinski definition) is 4. The van der Waals surface area contributed by atoms with Gasteiger partial charge < -0.3 is 15.3 Å². The summed E-state index contributed by atoms with van der Waals surface area (Å²) >= 11 is 0. The van der Waals surface area contributed by atoms with Gasteiger partial charge in [-0.05, 0) is 25.1 Å². The van der Waals surface area contributed by atoms with Crippen molar-refractivity contribution in [3.63, 3.8) is 0 Å². The van der Waals surface area contributed by atoms with Crippen molar-refractivity contribution in [2.24, 2.45) is 0 Å². The molecule has 4 nitrogen and oxygen atoms in total. The smallest absolute Gasteiger partial charge is 0.395 e. The van der Waals surface area contributed by atoms with Crippen molar-refractivity contribution >= 4 is 16.6 Å².